The van der Waals surface area contributed by atoms with Crippen LogP contribution in [0.2, 0.25) is 0 Å². The summed E-state index contributed by atoms with van der Waals surface area (Å²) in [5, 5.41) is 14.2. The van der Waals surface area contributed by atoms with Gasteiger partial charge in [-0.25, -0.2) is 14.8 Å². The van der Waals surface area contributed by atoms with E-state index >= 15 is 0 Å². The molecule has 2 bridgehead atoms. The molecule has 3 unspecified atom stereocenters. The van der Waals surface area contributed by atoms with E-state index in [9.17, 15) is 9.90 Å². The number of hydrogen-bond donors (Lipinski definition) is 2. The molecule has 2 N–H and O–H groups in total. The summed E-state index contributed by atoms with van der Waals surface area (Å²) in [5.74, 6) is 0. The monoisotopic (exact) mass is 313 g/mol. The zero-order valence-corrected chi connectivity index (χ0v) is 13.2. The van der Waals surface area contributed by atoms with Crippen molar-refractivity contribution in [3.05, 3.63) is 30.5 Å². The maximum atomic E-state index is 11.9. The van der Waals surface area contributed by atoms with E-state index in [-0.39, 0.29) is 11.6 Å². The molecule has 0 spiro atoms. The van der Waals surface area contributed by atoms with Crippen molar-refractivity contribution in [3.8, 4) is 0 Å². The van der Waals surface area contributed by atoms with Gasteiger partial charge in [-0.05, 0) is 32.8 Å². The second-order valence-corrected chi connectivity index (χ2v) is 6.94. The van der Waals surface area contributed by atoms with Gasteiger partial charge in [0.25, 0.3) is 0 Å². The third-order valence-corrected chi connectivity index (χ3v) is 5.46. The molecule has 7 nitrogen and oxygen atoms in total. The Bertz CT molecular complexity index is 792. The third kappa shape index (κ3) is 1.86. The summed E-state index contributed by atoms with van der Waals surface area (Å²) in [6, 6.07) is 1.67. The number of carbonyl (C=O) groups is 1. The largest absolute Gasteiger partial charge is 0.465 e. The summed E-state index contributed by atoms with van der Waals surface area (Å²) < 4.78 is 0. The lowest BCUT2D eigenvalue weighted by molar-refractivity contribution is 0.00488. The van der Waals surface area contributed by atoms with Crippen LogP contribution in [-0.2, 0) is 0 Å². The first-order chi connectivity index (χ1) is 11.0. The van der Waals surface area contributed by atoms with Gasteiger partial charge in [0.1, 0.15) is 6.33 Å². The number of nitrogens with zero attached hydrogens (tertiary/aromatic N) is 4. The molecule has 7 heteroatoms. The third-order valence-electron chi connectivity index (χ3n) is 5.46. The molecule has 120 valence electrons. The summed E-state index contributed by atoms with van der Waals surface area (Å²) in [6.45, 7) is 4.63. The van der Waals surface area contributed by atoms with E-state index in [0.29, 0.717) is 6.54 Å². The van der Waals surface area contributed by atoms with Gasteiger partial charge in [0, 0.05) is 24.3 Å². The molecular weight excluding hydrogens is 294 g/mol. The maximum Gasteiger partial charge on any atom is 0.408 e. The van der Waals surface area contributed by atoms with Gasteiger partial charge >= 0.3 is 6.09 Å². The van der Waals surface area contributed by atoms with Crippen molar-refractivity contribution < 1.29 is 9.90 Å². The molecule has 1 amide bonds. The zero-order chi connectivity index (χ0) is 16.2. The number of piperazine rings is 1. The SMILES string of the molecule is CC12CCC(C)(C(c3ncnc4ccncc34)NC1)N2C(=O)O. The van der Waals surface area contributed by atoms with Gasteiger partial charge in [-0.3, -0.25) is 9.88 Å². The lowest BCUT2D eigenvalue weighted by atomic mass is 9.85. The predicted molar refractivity (Wildman–Crippen MR) is 84.0 cm³/mol. The molecule has 0 aromatic carbocycles. The summed E-state index contributed by atoms with van der Waals surface area (Å²) >= 11 is 0. The highest BCUT2D eigenvalue weighted by Crippen LogP contribution is 2.50. The summed E-state index contributed by atoms with van der Waals surface area (Å²) in [5.41, 5.74) is 0.748. The molecule has 2 fully saturated rings. The molecule has 2 aromatic rings. The van der Waals surface area contributed by atoms with Crippen LogP contribution in [0.1, 0.15) is 38.4 Å². The fourth-order valence-electron chi connectivity index (χ4n) is 4.34. The summed E-state index contributed by atoms with van der Waals surface area (Å²) in [7, 11) is 0. The Hall–Kier alpha value is -2.28. The van der Waals surface area contributed by atoms with Gasteiger partial charge < -0.3 is 10.4 Å². The minimum Gasteiger partial charge on any atom is -0.465 e. The fourth-order valence-corrected chi connectivity index (χ4v) is 4.34. The summed E-state index contributed by atoms with van der Waals surface area (Å²) in [6.07, 6.45) is 5.78. The Morgan fingerprint density at radius 2 is 2.22 bits per heavy atom. The molecule has 4 heterocycles. The van der Waals surface area contributed by atoms with E-state index in [0.717, 1.165) is 29.4 Å². The second-order valence-electron chi connectivity index (χ2n) is 6.94. The smallest absolute Gasteiger partial charge is 0.408 e. The van der Waals surface area contributed by atoms with Crippen molar-refractivity contribution in [1.29, 1.82) is 0 Å². The minimum atomic E-state index is -0.865. The molecule has 2 saturated heterocycles. The molecule has 23 heavy (non-hydrogen) atoms. The Morgan fingerprint density at radius 1 is 1.39 bits per heavy atom. The standard InChI is InChI=1S/C16H19N5O2/c1-15-4-5-16(2,21(15)14(22)23)13(18-8-15)12-10-7-17-6-3-11(10)19-9-20-12/h3,6-7,9,13,18H,4-5,8H2,1-2H3,(H,22,23). The maximum absolute atomic E-state index is 11.9. The van der Waals surface area contributed by atoms with E-state index in [4.69, 9.17) is 0 Å². The molecule has 2 aromatic heterocycles. The van der Waals surface area contributed by atoms with Crippen LogP contribution in [0.3, 0.4) is 0 Å². The molecule has 0 radical (unpaired) electrons. The topological polar surface area (TPSA) is 91.2 Å². The highest BCUT2D eigenvalue weighted by Gasteiger charge is 2.60. The van der Waals surface area contributed by atoms with Crippen molar-refractivity contribution >= 4 is 17.0 Å². The number of carboxylic acid groups (broad SMARTS) is 1. The second kappa shape index (κ2) is 4.61. The van der Waals surface area contributed by atoms with Crippen LogP contribution in [-0.4, -0.2) is 48.7 Å². The van der Waals surface area contributed by atoms with Gasteiger partial charge in [-0.1, -0.05) is 0 Å². The van der Waals surface area contributed by atoms with Gasteiger partial charge in [0.2, 0.25) is 0 Å². The van der Waals surface area contributed by atoms with Crippen LogP contribution >= 0.6 is 0 Å². The van der Waals surface area contributed by atoms with Crippen LogP contribution < -0.4 is 5.32 Å². The van der Waals surface area contributed by atoms with Crippen molar-refractivity contribution in [2.24, 2.45) is 0 Å². The predicted octanol–water partition coefficient (Wildman–Crippen LogP) is 1.96. The van der Waals surface area contributed by atoms with Gasteiger partial charge in [0.15, 0.2) is 0 Å². The highest BCUT2D eigenvalue weighted by atomic mass is 16.4. The molecule has 3 atom stereocenters. The first-order valence-corrected chi connectivity index (χ1v) is 7.77. The highest BCUT2D eigenvalue weighted by molar-refractivity contribution is 5.80. The van der Waals surface area contributed by atoms with E-state index in [1.54, 1.807) is 17.3 Å². The molecule has 2 aliphatic heterocycles. The number of rotatable bonds is 1. The number of pyridine rings is 1. The molecular formula is C16H19N5O2. The molecule has 0 aliphatic carbocycles. The number of fused-ring (bicyclic) bond motifs is 3. The van der Waals surface area contributed by atoms with Crippen LogP contribution in [0.25, 0.3) is 10.9 Å². The fraction of sp³-hybridized carbons (Fsp3) is 0.500. The van der Waals surface area contributed by atoms with Crippen LogP contribution in [0.15, 0.2) is 24.8 Å². The van der Waals surface area contributed by atoms with Crippen molar-refractivity contribution in [3.63, 3.8) is 0 Å². The first kappa shape index (κ1) is 14.3. The van der Waals surface area contributed by atoms with Crippen molar-refractivity contribution in [2.45, 2.75) is 43.8 Å². The van der Waals surface area contributed by atoms with E-state index in [2.05, 4.69) is 20.3 Å². The van der Waals surface area contributed by atoms with E-state index < -0.39 is 11.6 Å². The van der Waals surface area contributed by atoms with Crippen molar-refractivity contribution in [2.75, 3.05) is 6.54 Å². The number of hydrogen-bond acceptors (Lipinski definition) is 5. The summed E-state index contributed by atoms with van der Waals surface area (Å²) in [4.78, 5) is 26.5. The van der Waals surface area contributed by atoms with Crippen molar-refractivity contribution in [1.82, 2.24) is 25.2 Å². The van der Waals surface area contributed by atoms with E-state index in [1.807, 2.05) is 19.9 Å². The first-order valence-electron chi connectivity index (χ1n) is 7.77. The van der Waals surface area contributed by atoms with Crippen LogP contribution in [0.5, 0.6) is 0 Å². The lowest BCUT2D eigenvalue weighted by Gasteiger charge is -2.51. The van der Waals surface area contributed by atoms with Crippen LogP contribution in [0.4, 0.5) is 4.79 Å². The minimum absolute atomic E-state index is 0.177. The zero-order valence-electron chi connectivity index (χ0n) is 13.2. The number of aromatic nitrogens is 3. The average molecular weight is 313 g/mol. The molecule has 4 rings (SSSR count). The Labute approximate surface area is 133 Å². The van der Waals surface area contributed by atoms with Gasteiger partial charge in [0.05, 0.1) is 28.3 Å². The Morgan fingerprint density at radius 3 is 3.00 bits per heavy atom. The molecule has 0 saturated carbocycles. The Balaban J connectivity index is 1.88. The van der Waals surface area contributed by atoms with Gasteiger partial charge in [-0.2, -0.15) is 0 Å². The quantitative estimate of drug-likeness (QED) is 0.836. The van der Waals surface area contributed by atoms with Crippen LogP contribution in [0, 0.1) is 0 Å². The molecule has 2 aliphatic rings. The lowest BCUT2D eigenvalue weighted by Crippen LogP contribution is -2.66. The number of amides is 1. The number of nitrogens with one attached hydrogen (secondary N) is 1. The van der Waals surface area contributed by atoms with E-state index in [1.165, 1.54) is 6.33 Å². The average Bonchev–Trinajstić information content (AvgIpc) is 2.72. The Kier molecular flexibility index (Phi) is 2.87. The van der Waals surface area contributed by atoms with Gasteiger partial charge in [-0.15, -0.1) is 0 Å². The normalized spacial score (nSPS) is 33.1.